The first-order valence-corrected chi connectivity index (χ1v) is 9.35. The van der Waals surface area contributed by atoms with E-state index in [-0.39, 0.29) is 0 Å². The molecule has 0 aliphatic heterocycles. The number of rotatable bonds is 7. The molecule has 26 heavy (non-hydrogen) atoms. The second-order valence-corrected chi connectivity index (χ2v) is 6.67. The zero-order valence-corrected chi connectivity index (χ0v) is 15.0. The average molecular weight is 353 g/mol. The lowest BCUT2D eigenvalue weighted by Crippen LogP contribution is -2.04. The van der Waals surface area contributed by atoms with Crippen molar-refractivity contribution in [2.75, 3.05) is 0 Å². The number of hydrogen-bond acceptors (Lipinski definition) is 6. The minimum Gasteiger partial charge on any atom is -0.487 e. The highest BCUT2D eigenvalue weighted by molar-refractivity contribution is 5.55. The highest BCUT2D eigenvalue weighted by Crippen LogP contribution is 2.26. The standard InChI is InChI=1S/C20H23N3O3/c1-2-3-8-19-21-20(23-26-19)14-9-11-15(12-10-14)24-13-17-16-6-4-5-7-18(16)25-22-17/h9-12H,2-8,13H2,1H3. The van der Waals surface area contributed by atoms with Gasteiger partial charge in [0, 0.05) is 24.0 Å². The van der Waals surface area contributed by atoms with Gasteiger partial charge < -0.3 is 13.8 Å². The molecule has 0 atom stereocenters. The molecule has 136 valence electrons. The van der Waals surface area contributed by atoms with Gasteiger partial charge in [-0.1, -0.05) is 23.7 Å². The molecular formula is C20H23N3O3. The van der Waals surface area contributed by atoms with Crippen LogP contribution in [0.1, 0.15) is 55.5 Å². The summed E-state index contributed by atoms with van der Waals surface area (Å²) in [6.45, 7) is 2.58. The molecule has 1 aliphatic carbocycles. The van der Waals surface area contributed by atoms with E-state index in [0.29, 0.717) is 18.3 Å². The van der Waals surface area contributed by atoms with Crippen molar-refractivity contribution in [2.24, 2.45) is 0 Å². The number of benzene rings is 1. The molecule has 0 radical (unpaired) electrons. The number of unbranched alkanes of at least 4 members (excludes halogenated alkanes) is 1. The molecule has 0 amide bonds. The van der Waals surface area contributed by atoms with Gasteiger partial charge in [0.1, 0.15) is 23.8 Å². The van der Waals surface area contributed by atoms with Gasteiger partial charge in [0.2, 0.25) is 11.7 Å². The third kappa shape index (κ3) is 3.64. The van der Waals surface area contributed by atoms with E-state index in [4.69, 9.17) is 13.8 Å². The second kappa shape index (κ2) is 7.72. The first-order valence-electron chi connectivity index (χ1n) is 9.35. The highest BCUT2D eigenvalue weighted by atomic mass is 16.5. The summed E-state index contributed by atoms with van der Waals surface area (Å²) in [5.41, 5.74) is 3.07. The van der Waals surface area contributed by atoms with Crippen molar-refractivity contribution in [1.82, 2.24) is 15.3 Å². The molecule has 0 spiro atoms. The lowest BCUT2D eigenvalue weighted by atomic mass is 9.97. The van der Waals surface area contributed by atoms with Gasteiger partial charge in [-0.05, 0) is 49.9 Å². The number of nitrogens with zero attached hydrogens (tertiary/aromatic N) is 3. The minimum atomic E-state index is 0.432. The summed E-state index contributed by atoms with van der Waals surface area (Å²) >= 11 is 0. The summed E-state index contributed by atoms with van der Waals surface area (Å²) in [4.78, 5) is 4.44. The average Bonchev–Trinajstić information content (AvgIpc) is 3.32. The molecule has 0 bridgehead atoms. The van der Waals surface area contributed by atoms with Gasteiger partial charge >= 0.3 is 0 Å². The lowest BCUT2D eigenvalue weighted by molar-refractivity contribution is 0.287. The Hall–Kier alpha value is -2.63. The minimum absolute atomic E-state index is 0.432. The normalized spacial score (nSPS) is 13.6. The number of ether oxygens (including phenoxy) is 1. The van der Waals surface area contributed by atoms with E-state index in [1.807, 2.05) is 24.3 Å². The molecular weight excluding hydrogens is 330 g/mol. The van der Waals surface area contributed by atoms with E-state index in [1.54, 1.807) is 0 Å². The molecule has 1 aliphatic rings. The fraction of sp³-hybridized carbons (Fsp3) is 0.450. The van der Waals surface area contributed by atoms with E-state index >= 15 is 0 Å². The lowest BCUT2D eigenvalue weighted by Gasteiger charge is -2.10. The van der Waals surface area contributed by atoms with Crippen molar-refractivity contribution in [3.05, 3.63) is 47.2 Å². The smallest absolute Gasteiger partial charge is 0.226 e. The van der Waals surface area contributed by atoms with Gasteiger partial charge in [-0.3, -0.25) is 0 Å². The summed E-state index contributed by atoms with van der Waals surface area (Å²) in [6, 6.07) is 7.73. The fourth-order valence-electron chi connectivity index (χ4n) is 3.22. The molecule has 6 heteroatoms. The third-order valence-corrected chi connectivity index (χ3v) is 4.73. The van der Waals surface area contributed by atoms with Crippen LogP contribution in [0.5, 0.6) is 5.75 Å². The van der Waals surface area contributed by atoms with Crippen LogP contribution in [0.15, 0.2) is 33.3 Å². The Bertz CT molecular complexity index is 852. The molecule has 0 saturated carbocycles. The SMILES string of the molecule is CCCCc1nc(-c2ccc(OCc3noc4c3CCCC4)cc2)no1. The first kappa shape index (κ1) is 16.8. The number of aromatic nitrogens is 3. The fourth-order valence-corrected chi connectivity index (χ4v) is 3.22. The van der Waals surface area contributed by atoms with Crippen LogP contribution in [0, 0.1) is 0 Å². The van der Waals surface area contributed by atoms with Crippen LogP contribution in [0.4, 0.5) is 0 Å². The summed E-state index contributed by atoms with van der Waals surface area (Å²) in [6.07, 6.45) is 7.39. The van der Waals surface area contributed by atoms with Crippen molar-refractivity contribution in [1.29, 1.82) is 0 Å². The van der Waals surface area contributed by atoms with Gasteiger partial charge in [0.05, 0.1) is 0 Å². The largest absolute Gasteiger partial charge is 0.487 e. The topological polar surface area (TPSA) is 74.2 Å². The summed E-state index contributed by atoms with van der Waals surface area (Å²) in [5.74, 6) is 3.13. The number of hydrogen-bond donors (Lipinski definition) is 0. The highest BCUT2D eigenvalue weighted by Gasteiger charge is 2.19. The van der Waals surface area contributed by atoms with Gasteiger partial charge in [-0.2, -0.15) is 4.98 Å². The summed E-state index contributed by atoms with van der Waals surface area (Å²) < 4.78 is 16.6. The van der Waals surface area contributed by atoms with Crippen LogP contribution in [0.3, 0.4) is 0 Å². The maximum Gasteiger partial charge on any atom is 0.226 e. The third-order valence-electron chi connectivity index (χ3n) is 4.73. The van der Waals surface area contributed by atoms with E-state index in [0.717, 1.165) is 54.9 Å². The van der Waals surface area contributed by atoms with E-state index < -0.39 is 0 Å². The maximum absolute atomic E-state index is 5.88. The zero-order valence-electron chi connectivity index (χ0n) is 15.0. The van der Waals surface area contributed by atoms with Crippen molar-refractivity contribution >= 4 is 0 Å². The Kier molecular flexibility index (Phi) is 5.00. The van der Waals surface area contributed by atoms with Crippen LogP contribution < -0.4 is 4.74 Å². The van der Waals surface area contributed by atoms with Crippen molar-refractivity contribution < 1.29 is 13.8 Å². The van der Waals surface area contributed by atoms with Gasteiger partial charge in [-0.25, -0.2) is 0 Å². The van der Waals surface area contributed by atoms with Gasteiger partial charge in [0.25, 0.3) is 0 Å². The maximum atomic E-state index is 5.88. The molecule has 2 aromatic heterocycles. The summed E-state index contributed by atoms with van der Waals surface area (Å²) in [5, 5.41) is 8.23. The molecule has 3 aromatic rings. The predicted octanol–water partition coefficient (Wildman–Crippen LogP) is 4.53. The molecule has 0 N–H and O–H groups in total. The second-order valence-electron chi connectivity index (χ2n) is 6.67. The van der Waals surface area contributed by atoms with Crippen LogP contribution in [0.2, 0.25) is 0 Å². The molecule has 2 heterocycles. The van der Waals surface area contributed by atoms with Gasteiger partial charge in [0.15, 0.2) is 0 Å². The zero-order chi connectivity index (χ0) is 17.8. The van der Waals surface area contributed by atoms with Crippen LogP contribution in [0.25, 0.3) is 11.4 Å². The van der Waals surface area contributed by atoms with E-state index in [9.17, 15) is 0 Å². The van der Waals surface area contributed by atoms with E-state index in [2.05, 4.69) is 22.2 Å². The first-order chi connectivity index (χ1) is 12.8. The Morgan fingerprint density at radius 1 is 1.04 bits per heavy atom. The molecule has 1 aromatic carbocycles. The van der Waals surface area contributed by atoms with Crippen molar-refractivity contribution in [3.63, 3.8) is 0 Å². The number of aryl methyl sites for hydroxylation is 2. The monoisotopic (exact) mass is 353 g/mol. The van der Waals surface area contributed by atoms with Crippen LogP contribution >= 0.6 is 0 Å². The number of fused-ring (bicyclic) bond motifs is 1. The quantitative estimate of drug-likeness (QED) is 0.621. The predicted molar refractivity (Wildman–Crippen MR) is 95.8 cm³/mol. The Balaban J connectivity index is 1.38. The summed E-state index contributed by atoms with van der Waals surface area (Å²) in [7, 11) is 0. The van der Waals surface area contributed by atoms with E-state index in [1.165, 1.54) is 18.4 Å². The van der Waals surface area contributed by atoms with Crippen LogP contribution in [-0.4, -0.2) is 15.3 Å². The van der Waals surface area contributed by atoms with Gasteiger partial charge in [-0.15, -0.1) is 0 Å². The molecule has 4 rings (SSSR count). The molecule has 0 fully saturated rings. The molecule has 6 nitrogen and oxygen atoms in total. The van der Waals surface area contributed by atoms with Crippen molar-refractivity contribution in [3.8, 4) is 17.1 Å². The molecule has 0 unspecified atom stereocenters. The van der Waals surface area contributed by atoms with Crippen LogP contribution in [-0.2, 0) is 25.9 Å². The Morgan fingerprint density at radius 3 is 2.73 bits per heavy atom. The molecule has 0 saturated heterocycles. The van der Waals surface area contributed by atoms with Crippen molar-refractivity contribution in [2.45, 2.75) is 58.5 Å². The Labute approximate surface area is 152 Å². The Morgan fingerprint density at radius 2 is 1.88 bits per heavy atom.